The van der Waals surface area contributed by atoms with Crippen molar-refractivity contribution in [3.8, 4) is 0 Å². The van der Waals surface area contributed by atoms with E-state index in [1.54, 1.807) is 0 Å². The lowest BCUT2D eigenvalue weighted by molar-refractivity contribution is -0.123. The van der Waals surface area contributed by atoms with Crippen LogP contribution >= 0.6 is 36.6 Å². The van der Waals surface area contributed by atoms with Gasteiger partial charge in [0.25, 0.3) is 11.8 Å². The van der Waals surface area contributed by atoms with Gasteiger partial charge in [-0.2, -0.15) is 0 Å². The van der Waals surface area contributed by atoms with Crippen molar-refractivity contribution in [2.45, 2.75) is 65.7 Å². The predicted molar refractivity (Wildman–Crippen MR) is 157 cm³/mol. The number of thioether (sulfide) groups is 1. The van der Waals surface area contributed by atoms with Gasteiger partial charge in [0.1, 0.15) is 4.32 Å². The first-order chi connectivity index (χ1) is 17.2. The molecule has 1 aromatic carbocycles. The number of nitrogens with two attached hydrogens (primary N) is 1. The van der Waals surface area contributed by atoms with Gasteiger partial charge >= 0.3 is 0 Å². The minimum Gasteiger partial charge on any atom is -0.366 e. The van der Waals surface area contributed by atoms with Gasteiger partial charge in [0.15, 0.2) is 0 Å². The number of carbonyl (C=O) groups excluding carboxylic acids is 3. The maximum Gasteiger partial charge on any atom is 0.265 e. The van der Waals surface area contributed by atoms with Crippen molar-refractivity contribution < 1.29 is 14.4 Å². The highest BCUT2D eigenvalue weighted by Gasteiger charge is 2.30. The van der Waals surface area contributed by atoms with Crippen LogP contribution in [0, 0.1) is 0 Å². The number of thiocarbonyl (C=S) groups is 1. The Kier molecular flexibility index (Phi) is 15.1. The zero-order valence-corrected chi connectivity index (χ0v) is 23.9. The summed E-state index contributed by atoms with van der Waals surface area (Å²) in [7, 11) is 0. The van der Waals surface area contributed by atoms with E-state index in [2.05, 4.69) is 55.7 Å². The molecular weight excluding hydrogens is 511 g/mol. The summed E-state index contributed by atoms with van der Waals surface area (Å²) in [4.78, 5) is 37.6. The van der Waals surface area contributed by atoms with Crippen LogP contribution in [0.4, 0.5) is 0 Å². The van der Waals surface area contributed by atoms with Crippen LogP contribution in [-0.2, 0) is 20.8 Å². The third-order valence-corrected chi connectivity index (χ3v) is 6.93. The van der Waals surface area contributed by atoms with E-state index in [0.717, 1.165) is 49.4 Å². The van der Waals surface area contributed by atoms with Gasteiger partial charge in [-0.05, 0) is 49.7 Å². The normalized spacial score (nSPS) is 15.6. The fraction of sp³-hybridized carbons (Fsp3) is 0.407. The number of hydrogen-bond donors (Lipinski definition) is 3. The van der Waals surface area contributed by atoms with Crippen molar-refractivity contribution in [2.75, 3.05) is 6.54 Å². The number of carbonyl (C=O) groups is 3. The molecule has 1 aromatic rings. The number of nitrogens with zero attached hydrogens (tertiary/aromatic N) is 1. The van der Waals surface area contributed by atoms with Crippen LogP contribution < -0.4 is 11.1 Å². The van der Waals surface area contributed by atoms with E-state index in [0.29, 0.717) is 22.2 Å². The van der Waals surface area contributed by atoms with Gasteiger partial charge in [-0.15, -0.1) is 12.6 Å². The summed E-state index contributed by atoms with van der Waals surface area (Å²) >= 11 is 10.5. The minimum atomic E-state index is -0.605. The van der Waals surface area contributed by atoms with Crippen molar-refractivity contribution in [1.29, 1.82) is 0 Å². The largest absolute Gasteiger partial charge is 0.366 e. The van der Waals surface area contributed by atoms with Gasteiger partial charge < -0.3 is 11.1 Å². The minimum absolute atomic E-state index is 0.165. The van der Waals surface area contributed by atoms with Crippen molar-refractivity contribution >= 4 is 58.7 Å². The lowest BCUT2D eigenvalue weighted by Gasteiger charge is -2.17. The second kappa shape index (κ2) is 17.2. The molecule has 196 valence electrons. The van der Waals surface area contributed by atoms with E-state index in [1.165, 1.54) is 10.5 Å². The second-order valence-corrected chi connectivity index (χ2v) is 9.98. The molecule has 3 amide bonds. The van der Waals surface area contributed by atoms with Crippen LogP contribution in [0.1, 0.15) is 64.9 Å². The number of aryl methyl sites for hydroxylation is 1. The summed E-state index contributed by atoms with van der Waals surface area (Å²) in [5, 5.41) is 2.79. The van der Waals surface area contributed by atoms with Crippen LogP contribution in [-0.4, -0.2) is 33.5 Å². The number of hydrogen-bond acceptors (Lipinski definition) is 6. The van der Waals surface area contributed by atoms with Gasteiger partial charge in [-0.3, -0.25) is 19.3 Å². The molecule has 0 atom stereocenters. The van der Waals surface area contributed by atoms with Gasteiger partial charge in [-0.25, -0.2) is 0 Å². The average molecular weight is 548 g/mol. The van der Waals surface area contributed by atoms with Crippen molar-refractivity contribution in [2.24, 2.45) is 5.73 Å². The molecule has 3 rings (SSSR count). The van der Waals surface area contributed by atoms with Crippen LogP contribution in [0.15, 0.2) is 64.1 Å². The molecule has 1 fully saturated rings. The standard InChI is InChI=1S/C17H21N3O3S3.C8H10.C2H6/c1-10-16(23)20(17(25)26-10)9-5-8-12(21)19-15(24)13(14(18)22)11-6-3-2-4-7-11;1-2-8-6-4-3-5-7-8;1-2/h6,24H,1-5,7-9H2,(H2,18,22)(H,19,21);3-7H,2H2,1H3;1-2H3/b15-13+;;. The molecule has 0 unspecified atom stereocenters. The summed E-state index contributed by atoms with van der Waals surface area (Å²) in [5.41, 5.74) is 7.97. The van der Waals surface area contributed by atoms with E-state index in [-0.39, 0.29) is 28.8 Å². The maximum atomic E-state index is 12.1. The Labute approximate surface area is 230 Å². The lowest BCUT2D eigenvalue weighted by Crippen LogP contribution is -2.31. The highest BCUT2D eigenvalue weighted by Crippen LogP contribution is 2.29. The first-order valence-electron chi connectivity index (χ1n) is 12.2. The molecule has 36 heavy (non-hydrogen) atoms. The molecule has 1 saturated heterocycles. The fourth-order valence-corrected chi connectivity index (χ4v) is 5.04. The zero-order chi connectivity index (χ0) is 27.1. The Morgan fingerprint density at radius 1 is 1.22 bits per heavy atom. The summed E-state index contributed by atoms with van der Waals surface area (Å²) in [6.45, 7) is 10.1. The van der Waals surface area contributed by atoms with E-state index in [4.69, 9.17) is 18.0 Å². The summed E-state index contributed by atoms with van der Waals surface area (Å²) < 4.78 is 0.454. The number of benzene rings is 1. The van der Waals surface area contributed by atoms with Gasteiger partial charge in [0.05, 0.1) is 15.5 Å². The Hall–Kier alpha value is -2.36. The third kappa shape index (κ3) is 10.3. The van der Waals surface area contributed by atoms with Gasteiger partial charge in [0, 0.05) is 13.0 Å². The molecule has 0 spiro atoms. The van der Waals surface area contributed by atoms with E-state index in [9.17, 15) is 14.4 Å². The second-order valence-electron chi connectivity index (χ2n) is 7.80. The lowest BCUT2D eigenvalue weighted by atomic mass is 9.93. The summed E-state index contributed by atoms with van der Waals surface area (Å²) in [6, 6.07) is 10.5. The molecule has 3 N–H and O–H groups in total. The SMILES string of the molecule is C=C1SC(=S)N(CCCC(=O)N/C(S)=C(\C(N)=O)C2=CCCCC2)C1=O.CC.CCc1ccccc1. The first kappa shape index (κ1) is 31.7. The van der Waals surface area contributed by atoms with Crippen LogP contribution in [0.5, 0.6) is 0 Å². The molecular formula is C27H37N3O3S3. The number of allylic oxidation sites excluding steroid dienone is 1. The maximum absolute atomic E-state index is 12.1. The highest BCUT2D eigenvalue weighted by molar-refractivity contribution is 8.26. The van der Waals surface area contributed by atoms with Crippen molar-refractivity contribution in [1.82, 2.24) is 10.2 Å². The summed E-state index contributed by atoms with van der Waals surface area (Å²) in [5.74, 6) is -1.11. The Morgan fingerprint density at radius 3 is 2.36 bits per heavy atom. The smallest absolute Gasteiger partial charge is 0.265 e. The van der Waals surface area contributed by atoms with E-state index in [1.807, 2.05) is 26.0 Å². The topological polar surface area (TPSA) is 92.5 Å². The van der Waals surface area contributed by atoms with Crippen molar-refractivity contribution in [3.05, 3.63) is 69.6 Å². The molecule has 1 aliphatic carbocycles. The molecule has 0 saturated carbocycles. The van der Waals surface area contributed by atoms with Gasteiger partial charge in [-0.1, -0.05) is 87.7 Å². The van der Waals surface area contributed by atoms with Crippen LogP contribution in [0.3, 0.4) is 0 Å². The zero-order valence-electron chi connectivity index (χ0n) is 21.3. The Morgan fingerprint density at radius 2 is 1.89 bits per heavy atom. The fourth-order valence-electron chi connectivity index (χ4n) is 3.49. The molecule has 9 heteroatoms. The molecule has 6 nitrogen and oxygen atoms in total. The Bertz CT molecular complexity index is 1000. The molecule has 1 heterocycles. The third-order valence-electron chi connectivity index (χ3n) is 5.30. The van der Waals surface area contributed by atoms with Gasteiger partial charge in [0.2, 0.25) is 5.91 Å². The molecule has 0 bridgehead atoms. The molecule has 0 radical (unpaired) electrons. The van der Waals surface area contributed by atoms with E-state index >= 15 is 0 Å². The number of nitrogens with one attached hydrogen (secondary N) is 1. The van der Waals surface area contributed by atoms with Crippen molar-refractivity contribution in [3.63, 3.8) is 0 Å². The van der Waals surface area contributed by atoms with Crippen LogP contribution in [0.25, 0.3) is 0 Å². The number of amides is 3. The average Bonchev–Trinajstić information content (AvgIpc) is 3.12. The van der Waals surface area contributed by atoms with Crippen LogP contribution in [0.2, 0.25) is 0 Å². The molecule has 2 aliphatic rings. The number of rotatable bonds is 8. The molecule has 1 aliphatic heterocycles. The quantitative estimate of drug-likeness (QED) is 0.222. The Balaban J connectivity index is 0.000000543. The highest BCUT2D eigenvalue weighted by atomic mass is 32.2. The van der Waals surface area contributed by atoms with E-state index < -0.39 is 5.91 Å². The number of thiol groups is 1. The predicted octanol–water partition coefficient (Wildman–Crippen LogP) is 5.66. The molecule has 0 aromatic heterocycles. The summed E-state index contributed by atoms with van der Waals surface area (Å²) in [6.07, 6.45) is 7.38. The number of primary amides is 1. The first-order valence-corrected chi connectivity index (χ1v) is 13.9. The monoisotopic (exact) mass is 547 g/mol.